The third-order valence-electron chi connectivity index (χ3n) is 3.92. The molecule has 0 bridgehead atoms. The standard InChI is InChI=1S/C19H21N3O2S/c1-12(18-21-16-6-4-5-7-17(16)22-18)20-19(23)13(2)25-15-10-8-14(24-3)9-11-15/h4-13H,1-3H3,(H,20,23)(H,21,22). The first kappa shape index (κ1) is 17.4. The molecule has 2 atom stereocenters. The Hall–Kier alpha value is -2.47. The number of nitrogens with one attached hydrogen (secondary N) is 2. The van der Waals surface area contributed by atoms with E-state index in [1.165, 1.54) is 11.8 Å². The number of rotatable bonds is 6. The second kappa shape index (κ2) is 7.61. The highest BCUT2D eigenvalue weighted by atomic mass is 32.2. The van der Waals surface area contributed by atoms with Crippen LogP contribution in [0.15, 0.2) is 53.4 Å². The van der Waals surface area contributed by atoms with Crippen molar-refractivity contribution in [3.05, 3.63) is 54.4 Å². The Morgan fingerprint density at radius 1 is 1.16 bits per heavy atom. The van der Waals surface area contributed by atoms with E-state index in [-0.39, 0.29) is 17.2 Å². The van der Waals surface area contributed by atoms with E-state index in [4.69, 9.17) is 4.74 Å². The second-order valence-electron chi connectivity index (χ2n) is 5.81. The Balaban J connectivity index is 1.61. The number of aromatic amines is 1. The SMILES string of the molecule is COc1ccc(SC(C)C(=O)NC(C)c2nc3ccccc3[nH]2)cc1. The largest absolute Gasteiger partial charge is 0.497 e. The van der Waals surface area contributed by atoms with Gasteiger partial charge in [0.25, 0.3) is 0 Å². The number of para-hydroxylation sites is 2. The normalized spacial score (nSPS) is 13.4. The lowest BCUT2D eigenvalue weighted by Crippen LogP contribution is -2.33. The quantitative estimate of drug-likeness (QED) is 0.658. The van der Waals surface area contributed by atoms with E-state index in [2.05, 4.69) is 15.3 Å². The van der Waals surface area contributed by atoms with Crippen LogP contribution in [0.25, 0.3) is 11.0 Å². The molecular formula is C19H21N3O2S. The number of benzene rings is 2. The number of carbonyl (C=O) groups excluding carboxylic acids is 1. The number of hydrogen-bond acceptors (Lipinski definition) is 4. The predicted molar refractivity (Wildman–Crippen MR) is 101 cm³/mol. The smallest absolute Gasteiger partial charge is 0.233 e. The molecule has 1 heterocycles. The maximum atomic E-state index is 12.5. The summed E-state index contributed by atoms with van der Waals surface area (Å²) in [5.74, 6) is 1.55. The molecule has 1 amide bonds. The van der Waals surface area contributed by atoms with Crippen LogP contribution in [0.1, 0.15) is 25.7 Å². The summed E-state index contributed by atoms with van der Waals surface area (Å²) in [5.41, 5.74) is 1.87. The van der Waals surface area contributed by atoms with Crippen molar-refractivity contribution in [2.45, 2.75) is 30.0 Å². The predicted octanol–water partition coefficient (Wildman–Crippen LogP) is 3.93. The Kier molecular flexibility index (Phi) is 5.28. The minimum Gasteiger partial charge on any atom is -0.497 e. The van der Waals surface area contributed by atoms with Crippen LogP contribution in [0.2, 0.25) is 0 Å². The van der Waals surface area contributed by atoms with Crippen molar-refractivity contribution in [1.82, 2.24) is 15.3 Å². The van der Waals surface area contributed by atoms with Crippen LogP contribution in [0.4, 0.5) is 0 Å². The van der Waals surface area contributed by atoms with Gasteiger partial charge < -0.3 is 15.0 Å². The van der Waals surface area contributed by atoms with Crippen LogP contribution in [-0.2, 0) is 4.79 Å². The van der Waals surface area contributed by atoms with Crippen molar-refractivity contribution in [1.29, 1.82) is 0 Å². The summed E-state index contributed by atoms with van der Waals surface area (Å²) in [6.07, 6.45) is 0. The third-order valence-corrected chi connectivity index (χ3v) is 5.03. The number of nitrogens with zero attached hydrogens (tertiary/aromatic N) is 1. The molecule has 0 aliphatic rings. The number of carbonyl (C=O) groups is 1. The van der Waals surface area contributed by atoms with Gasteiger partial charge in [0, 0.05) is 4.90 Å². The van der Waals surface area contributed by atoms with Crippen molar-refractivity contribution < 1.29 is 9.53 Å². The first-order valence-corrected chi connectivity index (χ1v) is 9.00. The fraction of sp³-hybridized carbons (Fsp3) is 0.263. The van der Waals surface area contributed by atoms with E-state index in [1.54, 1.807) is 7.11 Å². The maximum Gasteiger partial charge on any atom is 0.233 e. The summed E-state index contributed by atoms with van der Waals surface area (Å²) in [7, 11) is 1.64. The zero-order valence-corrected chi connectivity index (χ0v) is 15.3. The van der Waals surface area contributed by atoms with Gasteiger partial charge in [0.1, 0.15) is 11.6 Å². The first-order chi connectivity index (χ1) is 12.1. The van der Waals surface area contributed by atoms with E-state index in [0.717, 1.165) is 27.5 Å². The molecule has 0 radical (unpaired) electrons. The van der Waals surface area contributed by atoms with Gasteiger partial charge in [0.2, 0.25) is 5.91 Å². The average molecular weight is 355 g/mol. The van der Waals surface area contributed by atoms with Crippen molar-refractivity contribution in [3.8, 4) is 5.75 Å². The molecule has 0 aliphatic carbocycles. The molecule has 2 N–H and O–H groups in total. The van der Waals surface area contributed by atoms with Gasteiger partial charge in [-0.2, -0.15) is 0 Å². The fourth-order valence-corrected chi connectivity index (χ4v) is 3.37. The van der Waals surface area contributed by atoms with E-state index in [1.807, 2.05) is 62.4 Å². The molecule has 130 valence electrons. The molecule has 0 saturated carbocycles. The van der Waals surface area contributed by atoms with Gasteiger partial charge in [-0.3, -0.25) is 4.79 Å². The van der Waals surface area contributed by atoms with Crippen LogP contribution >= 0.6 is 11.8 Å². The number of aromatic nitrogens is 2. The van der Waals surface area contributed by atoms with Crippen molar-refractivity contribution in [2.75, 3.05) is 7.11 Å². The van der Waals surface area contributed by atoms with E-state index >= 15 is 0 Å². The number of methoxy groups -OCH3 is 1. The maximum absolute atomic E-state index is 12.5. The number of H-pyrrole nitrogens is 1. The molecule has 3 aromatic rings. The number of hydrogen-bond donors (Lipinski definition) is 2. The Bertz CT molecular complexity index is 827. The Morgan fingerprint density at radius 3 is 2.56 bits per heavy atom. The number of imidazole rings is 1. The van der Waals surface area contributed by atoms with Crippen molar-refractivity contribution in [2.24, 2.45) is 0 Å². The average Bonchev–Trinajstić information content (AvgIpc) is 3.06. The molecule has 0 spiro atoms. The van der Waals surface area contributed by atoms with Gasteiger partial charge in [0.05, 0.1) is 29.4 Å². The summed E-state index contributed by atoms with van der Waals surface area (Å²) in [4.78, 5) is 21.3. The van der Waals surface area contributed by atoms with Gasteiger partial charge in [-0.25, -0.2) is 4.98 Å². The molecular weight excluding hydrogens is 334 g/mol. The molecule has 2 aromatic carbocycles. The molecule has 2 unspecified atom stereocenters. The summed E-state index contributed by atoms with van der Waals surface area (Å²) >= 11 is 1.51. The number of amides is 1. The van der Waals surface area contributed by atoms with Gasteiger partial charge >= 0.3 is 0 Å². The Labute approximate surface area is 151 Å². The van der Waals surface area contributed by atoms with Crippen LogP contribution < -0.4 is 10.1 Å². The van der Waals surface area contributed by atoms with Gasteiger partial charge in [-0.15, -0.1) is 11.8 Å². The van der Waals surface area contributed by atoms with Crippen LogP contribution in [0.3, 0.4) is 0 Å². The number of thioether (sulfide) groups is 1. The zero-order valence-electron chi connectivity index (χ0n) is 14.4. The lowest BCUT2D eigenvalue weighted by molar-refractivity contribution is -0.121. The highest BCUT2D eigenvalue weighted by Gasteiger charge is 2.19. The van der Waals surface area contributed by atoms with Gasteiger partial charge in [0.15, 0.2) is 0 Å². The van der Waals surface area contributed by atoms with E-state index in [9.17, 15) is 4.79 Å². The van der Waals surface area contributed by atoms with E-state index < -0.39 is 0 Å². The molecule has 0 fully saturated rings. The minimum absolute atomic E-state index is 0.0197. The summed E-state index contributed by atoms with van der Waals surface area (Å²) in [5, 5.41) is 2.81. The van der Waals surface area contributed by atoms with Crippen molar-refractivity contribution >= 4 is 28.7 Å². The molecule has 6 heteroatoms. The summed E-state index contributed by atoms with van der Waals surface area (Å²) in [6.45, 7) is 3.83. The lowest BCUT2D eigenvalue weighted by Gasteiger charge is -2.16. The second-order valence-corrected chi connectivity index (χ2v) is 7.22. The van der Waals surface area contributed by atoms with Crippen LogP contribution in [-0.4, -0.2) is 28.2 Å². The van der Waals surface area contributed by atoms with Crippen LogP contribution in [0, 0.1) is 0 Å². The number of ether oxygens (including phenoxy) is 1. The van der Waals surface area contributed by atoms with Gasteiger partial charge in [-0.1, -0.05) is 12.1 Å². The molecule has 0 aliphatic heterocycles. The van der Waals surface area contributed by atoms with Gasteiger partial charge in [-0.05, 0) is 50.2 Å². The minimum atomic E-state index is -0.208. The molecule has 3 rings (SSSR count). The summed E-state index contributed by atoms with van der Waals surface area (Å²) in [6, 6.07) is 15.3. The monoisotopic (exact) mass is 355 g/mol. The highest BCUT2D eigenvalue weighted by molar-refractivity contribution is 8.00. The fourth-order valence-electron chi connectivity index (χ4n) is 2.49. The summed E-state index contributed by atoms with van der Waals surface area (Å²) < 4.78 is 5.15. The van der Waals surface area contributed by atoms with Crippen LogP contribution in [0.5, 0.6) is 5.75 Å². The first-order valence-electron chi connectivity index (χ1n) is 8.12. The molecule has 25 heavy (non-hydrogen) atoms. The third kappa shape index (κ3) is 4.14. The Morgan fingerprint density at radius 2 is 1.88 bits per heavy atom. The lowest BCUT2D eigenvalue weighted by atomic mass is 10.3. The molecule has 5 nitrogen and oxygen atoms in total. The molecule has 1 aromatic heterocycles. The highest BCUT2D eigenvalue weighted by Crippen LogP contribution is 2.26. The zero-order chi connectivity index (χ0) is 17.8. The number of fused-ring (bicyclic) bond motifs is 1. The van der Waals surface area contributed by atoms with E-state index in [0.29, 0.717) is 0 Å². The van der Waals surface area contributed by atoms with Crippen molar-refractivity contribution in [3.63, 3.8) is 0 Å². The topological polar surface area (TPSA) is 67.0 Å². The molecule has 0 saturated heterocycles.